The van der Waals surface area contributed by atoms with Crippen molar-refractivity contribution in [2.75, 3.05) is 0 Å². The number of benzene rings is 1. The summed E-state index contributed by atoms with van der Waals surface area (Å²) in [4.78, 5) is 0. The maximum Gasteiger partial charge on any atom is 0.133 e. The molecule has 0 atom stereocenters. The van der Waals surface area contributed by atoms with E-state index in [1.165, 1.54) is 6.07 Å². The average molecular weight is 296 g/mol. The lowest BCUT2D eigenvalue weighted by Crippen LogP contribution is -2.06. The van der Waals surface area contributed by atoms with Crippen LogP contribution in [0.2, 0.25) is 0 Å². The minimum absolute atomic E-state index is 0.0814. The Kier molecular flexibility index (Phi) is 6.34. The van der Waals surface area contributed by atoms with Crippen LogP contribution in [0.1, 0.15) is 44.9 Å². The lowest BCUT2D eigenvalue weighted by atomic mass is 10.0. The van der Waals surface area contributed by atoms with E-state index in [4.69, 9.17) is 4.74 Å². The molecular weight excluding hydrogens is 274 g/mol. The molecule has 3 nitrogen and oxygen atoms in total. The van der Waals surface area contributed by atoms with Gasteiger partial charge in [-0.1, -0.05) is 27.7 Å². The van der Waals surface area contributed by atoms with Gasteiger partial charge in [-0.25, -0.2) is 8.78 Å². The summed E-state index contributed by atoms with van der Waals surface area (Å²) in [5.41, 5.74) is 1.22. The highest BCUT2D eigenvalue weighted by Crippen LogP contribution is 2.30. The molecule has 0 saturated heterocycles. The van der Waals surface area contributed by atoms with Crippen LogP contribution >= 0.6 is 0 Å². The summed E-state index contributed by atoms with van der Waals surface area (Å²) in [6, 6.07) is 3.89. The van der Waals surface area contributed by atoms with Gasteiger partial charge in [-0.05, 0) is 12.0 Å². The summed E-state index contributed by atoms with van der Waals surface area (Å²) < 4.78 is 34.3. The summed E-state index contributed by atoms with van der Waals surface area (Å²) in [6.45, 7) is 7.90. The van der Waals surface area contributed by atoms with Gasteiger partial charge in [0.05, 0.1) is 5.69 Å². The lowest BCUT2D eigenvalue weighted by molar-refractivity contribution is 0.286. The van der Waals surface area contributed by atoms with Crippen molar-refractivity contribution < 1.29 is 13.5 Å². The highest BCUT2D eigenvalue weighted by molar-refractivity contribution is 5.37. The van der Waals surface area contributed by atoms with E-state index in [-0.39, 0.29) is 18.3 Å². The molecule has 1 aromatic carbocycles. The van der Waals surface area contributed by atoms with E-state index in [1.54, 1.807) is 24.0 Å². The van der Waals surface area contributed by atoms with E-state index < -0.39 is 11.6 Å². The van der Waals surface area contributed by atoms with Gasteiger partial charge in [0, 0.05) is 30.9 Å². The van der Waals surface area contributed by atoms with Gasteiger partial charge in [-0.3, -0.25) is 4.68 Å². The molecule has 1 heterocycles. The molecule has 1 aromatic heterocycles. The van der Waals surface area contributed by atoms with Gasteiger partial charge in [0.25, 0.3) is 0 Å². The zero-order valence-corrected chi connectivity index (χ0v) is 13.2. The van der Waals surface area contributed by atoms with Crippen molar-refractivity contribution in [3.63, 3.8) is 0 Å². The lowest BCUT2D eigenvalue weighted by Gasteiger charge is -2.15. The third-order valence-corrected chi connectivity index (χ3v) is 2.93. The SMILES string of the molecule is CC.CC(C)c1c(F)cc(F)cc1OCc1ccnn1C. The van der Waals surface area contributed by atoms with Crippen LogP contribution in [0.25, 0.3) is 0 Å². The van der Waals surface area contributed by atoms with E-state index in [9.17, 15) is 8.78 Å². The molecule has 5 heteroatoms. The molecule has 0 unspecified atom stereocenters. The second-order valence-corrected chi connectivity index (χ2v) is 4.69. The van der Waals surface area contributed by atoms with E-state index >= 15 is 0 Å². The van der Waals surface area contributed by atoms with E-state index in [0.29, 0.717) is 5.56 Å². The largest absolute Gasteiger partial charge is 0.487 e. The fraction of sp³-hybridized carbons (Fsp3) is 0.438. The first kappa shape index (κ1) is 17.1. The zero-order valence-electron chi connectivity index (χ0n) is 13.2. The Morgan fingerprint density at radius 3 is 2.43 bits per heavy atom. The van der Waals surface area contributed by atoms with Gasteiger partial charge in [-0.15, -0.1) is 0 Å². The maximum atomic E-state index is 13.8. The molecule has 2 aromatic rings. The van der Waals surface area contributed by atoms with Crippen LogP contribution in [0.15, 0.2) is 24.4 Å². The number of nitrogens with zero attached hydrogens (tertiary/aromatic N) is 2. The number of aromatic nitrogens is 2. The van der Waals surface area contributed by atoms with Gasteiger partial charge in [-0.2, -0.15) is 5.10 Å². The van der Waals surface area contributed by atoms with Gasteiger partial charge in [0.1, 0.15) is 24.0 Å². The molecule has 0 amide bonds. The molecule has 116 valence electrons. The predicted molar refractivity (Wildman–Crippen MR) is 79.3 cm³/mol. The fourth-order valence-electron chi connectivity index (χ4n) is 1.94. The van der Waals surface area contributed by atoms with Crippen LogP contribution < -0.4 is 4.74 Å². The molecule has 0 aliphatic heterocycles. The summed E-state index contributed by atoms with van der Waals surface area (Å²) in [5, 5.41) is 4.01. The van der Waals surface area contributed by atoms with Crippen LogP contribution in [-0.4, -0.2) is 9.78 Å². The molecule has 21 heavy (non-hydrogen) atoms. The highest BCUT2D eigenvalue weighted by Gasteiger charge is 2.16. The van der Waals surface area contributed by atoms with Crippen LogP contribution in [0.5, 0.6) is 5.75 Å². The first-order valence-corrected chi connectivity index (χ1v) is 7.07. The minimum atomic E-state index is -0.637. The van der Waals surface area contributed by atoms with Crippen LogP contribution in [0, 0.1) is 11.6 Å². The quantitative estimate of drug-likeness (QED) is 0.834. The summed E-state index contributed by atoms with van der Waals surface area (Å²) in [7, 11) is 1.79. The maximum absolute atomic E-state index is 13.8. The number of halogens is 2. The summed E-state index contributed by atoms with van der Waals surface area (Å²) in [6.07, 6.45) is 1.65. The monoisotopic (exact) mass is 296 g/mol. The van der Waals surface area contributed by atoms with Gasteiger partial charge in [0.2, 0.25) is 0 Å². The predicted octanol–water partition coefficient (Wildman–Crippen LogP) is 4.43. The third-order valence-electron chi connectivity index (χ3n) is 2.93. The molecule has 0 aliphatic carbocycles. The van der Waals surface area contributed by atoms with Crippen molar-refractivity contribution >= 4 is 0 Å². The van der Waals surface area contributed by atoms with E-state index in [1.807, 2.05) is 27.7 Å². The topological polar surface area (TPSA) is 27.1 Å². The summed E-state index contributed by atoms with van der Waals surface area (Å²) >= 11 is 0. The Bertz CT molecular complexity index is 580. The van der Waals surface area contributed by atoms with Crippen molar-refractivity contribution in [3.8, 4) is 5.75 Å². The molecule has 0 aliphatic rings. The highest BCUT2D eigenvalue weighted by atomic mass is 19.1. The Balaban J connectivity index is 0.00000106. The molecule has 0 radical (unpaired) electrons. The first-order valence-electron chi connectivity index (χ1n) is 7.07. The average Bonchev–Trinajstić information content (AvgIpc) is 2.83. The molecule has 0 spiro atoms. The fourth-order valence-corrected chi connectivity index (χ4v) is 1.94. The molecular formula is C16H22F2N2O. The summed E-state index contributed by atoms with van der Waals surface area (Å²) in [5.74, 6) is -1.05. The first-order chi connectivity index (χ1) is 9.99. The second kappa shape index (κ2) is 7.76. The Morgan fingerprint density at radius 2 is 1.90 bits per heavy atom. The number of hydrogen-bond acceptors (Lipinski definition) is 2. The third kappa shape index (κ3) is 4.28. The molecule has 0 bridgehead atoms. The smallest absolute Gasteiger partial charge is 0.133 e. The molecule has 0 N–H and O–H groups in total. The van der Waals surface area contributed by atoms with E-state index in [2.05, 4.69) is 5.10 Å². The van der Waals surface area contributed by atoms with Crippen molar-refractivity contribution in [3.05, 3.63) is 47.3 Å². The normalized spacial score (nSPS) is 10.3. The molecule has 0 saturated carbocycles. The van der Waals surface area contributed by atoms with E-state index in [0.717, 1.165) is 11.8 Å². The van der Waals surface area contributed by atoms with Gasteiger partial charge in [0.15, 0.2) is 0 Å². The minimum Gasteiger partial charge on any atom is -0.487 e. The van der Waals surface area contributed by atoms with Crippen molar-refractivity contribution in [2.24, 2.45) is 7.05 Å². The number of hydrogen-bond donors (Lipinski definition) is 0. The van der Waals surface area contributed by atoms with Gasteiger partial charge >= 0.3 is 0 Å². The number of ether oxygens (including phenoxy) is 1. The Morgan fingerprint density at radius 1 is 1.24 bits per heavy atom. The molecule has 0 fully saturated rings. The van der Waals surface area contributed by atoms with Crippen molar-refractivity contribution in [2.45, 2.75) is 40.2 Å². The van der Waals surface area contributed by atoms with Crippen molar-refractivity contribution in [1.29, 1.82) is 0 Å². The number of rotatable bonds is 4. The molecule has 2 rings (SSSR count). The zero-order chi connectivity index (χ0) is 16.0. The van der Waals surface area contributed by atoms with Crippen LogP contribution in [0.4, 0.5) is 8.78 Å². The standard InChI is InChI=1S/C14H16F2N2O.C2H6/c1-9(2)14-12(16)6-10(15)7-13(14)19-8-11-4-5-17-18(11)3;1-2/h4-7,9H,8H2,1-3H3;1-2H3. The Labute approximate surface area is 124 Å². The number of aryl methyl sites for hydroxylation is 1. The van der Waals surface area contributed by atoms with Crippen molar-refractivity contribution in [1.82, 2.24) is 9.78 Å². The van der Waals surface area contributed by atoms with Crippen LogP contribution in [-0.2, 0) is 13.7 Å². The second-order valence-electron chi connectivity index (χ2n) is 4.69. The Hall–Kier alpha value is -1.91. The van der Waals surface area contributed by atoms with Gasteiger partial charge < -0.3 is 4.74 Å². The van der Waals surface area contributed by atoms with Crippen LogP contribution in [0.3, 0.4) is 0 Å².